The number of hydrogen-bond donors (Lipinski definition) is 0. The molecule has 136 valence electrons. The molecule has 1 heterocycles. The summed E-state index contributed by atoms with van der Waals surface area (Å²) in [7, 11) is 0. The van der Waals surface area contributed by atoms with E-state index in [0.29, 0.717) is 11.5 Å². The number of fused-ring (bicyclic) bond motifs is 2. The molecule has 3 heteroatoms. The molecular weight excluding hydrogens is 328 g/mol. The van der Waals surface area contributed by atoms with Crippen molar-refractivity contribution in [1.82, 2.24) is 4.57 Å². The van der Waals surface area contributed by atoms with E-state index in [0.717, 1.165) is 17.8 Å². The van der Waals surface area contributed by atoms with E-state index in [4.69, 9.17) is 0 Å². The van der Waals surface area contributed by atoms with Gasteiger partial charge in [0, 0.05) is 5.92 Å². The predicted octanol–water partition coefficient (Wildman–Crippen LogP) is 1.94. The Morgan fingerprint density at radius 3 is 2.28 bits per heavy atom. The van der Waals surface area contributed by atoms with Crippen LogP contribution in [0.1, 0.15) is 56.3 Å². The lowest BCUT2D eigenvalue weighted by Crippen LogP contribution is -3.00. The monoisotopic (exact) mass is 358 g/mol. The van der Waals surface area contributed by atoms with Crippen molar-refractivity contribution in [3.63, 3.8) is 0 Å². The van der Waals surface area contributed by atoms with Crippen molar-refractivity contribution >= 4 is 0 Å². The van der Waals surface area contributed by atoms with Crippen LogP contribution < -0.4 is 17.0 Å². The Labute approximate surface area is 158 Å². The van der Waals surface area contributed by atoms with Gasteiger partial charge in [0.15, 0.2) is 0 Å². The number of aryl methyl sites for hydroxylation is 3. The smallest absolute Gasteiger partial charge is 0.249 e. The van der Waals surface area contributed by atoms with Crippen molar-refractivity contribution in [1.29, 1.82) is 0 Å². The van der Waals surface area contributed by atoms with E-state index < -0.39 is 0 Å². The fourth-order valence-corrected chi connectivity index (χ4v) is 5.79. The Hall–Kier alpha value is -1.28. The molecule has 5 rings (SSSR count). The highest BCUT2D eigenvalue weighted by molar-refractivity contribution is 5.48. The van der Waals surface area contributed by atoms with E-state index in [9.17, 15) is 0 Å². The maximum Gasteiger partial charge on any atom is 0.249 e. The fourth-order valence-electron chi connectivity index (χ4n) is 5.79. The van der Waals surface area contributed by atoms with Crippen LogP contribution in [0.4, 0.5) is 0 Å². The second-order valence-electron chi connectivity index (χ2n) is 9.04. The van der Waals surface area contributed by atoms with Crippen molar-refractivity contribution in [2.45, 2.75) is 60.4 Å². The van der Waals surface area contributed by atoms with E-state index in [1.165, 1.54) is 35.2 Å². The lowest BCUT2D eigenvalue weighted by atomic mass is 9.44. The van der Waals surface area contributed by atoms with Gasteiger partial charge >= 0.3 is 0 Å². The van der Waals surface area contributed by atoms with Crippen LogP contribution in [0.15, 0.2) is 30.9 Å². The van der Waals surface area contributed by atoms with Gasteiger partial charge in [0.1, 0.15) is 24.1 Å². The zero-order chi connectivity index (χ0) is 17.2. The first-order valence-electron chi connectivity index (χ1n) is 9.46. The second kappa shape index (κ2) is 6.16. The largest absolute Gasteiger partial charge is 1.00 e. The Morgan fingerprint density at radius 2 is 1.72 bits per heavy atom. The van der Waals surface area contributed by atoms with Crippen molar-refractivity contribution in [2.75, 3.05) is 0 Å². The molecule has 0 amide bonds. The summed E-state index contributed by atoms with van der Waals surface area (Å²) < 4.78 is 4.81. The van der Waals surface area contributed by atoms with Crippen LogP contribution in [0.5, 0.6) is 0 Å². The molecule has 3 saturated carbocycles. The third kappa shape index (κ3) is 2.73. The molecule has 0 saturated heterocycles. The summed E-state index contributed by atoms with van der Waals surface area (Å²) >= 11 is 0. The Balaban J connectivity index is 0.00000182. The van der Waals surface area contributed by atoms with Crippen LogP contribution in [-0.4, -0.2) is 4.57 Å². The minimum atomic E-state index is 0. The van der Waals surface area contributed by atoms with E-state index in [1.807, 2.05) is 0 Å². The molecule has 4 atom stereocenters. The van der Waals surface area contributed by atoms with Gasteiger partial charge in [-0.2, -0.15) is 0 Å². The number of nitrogens with zero attached hydrogens (tertiary/aromatic N) is 2. The molecule has 2 bridgehead atoms. The molecule has 1 aromatic carbocycles. The number of imidazole rings is 1. The van der Waals surface area contributed by atoms with Crippen molar-refractivity contribution in [3.8, 4) is 5.69 Å². The predicted molar refractivity (Wildman–Crippen MR) is 98.4 cm³/mol. The third-order valence-electron chi connectivity index (χ3n) is 7.25. The lowest BCUT2D eigenvalue weighted by Gasteiger charge is -2.61. The number of rotatable bonds is 2. The maximum atomic E-state index is 2.48. The summed E-state index contributed by atoms with van der Waals surface area (Å²) in [6.07, 6.45) is 9.64. The fraction of sp³-hybridized carbons (Fsp3) is 0.591. The minimum absolute atomic E-state index is 0. The summed E-state index contributed by atoms with van der Waals surface area (Å²) in [5, 5.41) is 0. The second-order valence-corrected chi connectivity index (χ2v) is 9.04. The van der Waals surface area contributed by atoms with E-state index >= 15 is 0 Å². The van der Waals surface area contributed by atoms with Crippen molar-refractivity contribution in [2.24, 2.45) is 23.2 Å². The molecule has 3 fully saturated rings. The van der Waals surface area contributed by atoms with Gasteiger partial charge in [-0.3, -0.25) is 0 Å². The zero-order valence-electron chi connectivity index (χ0n) is 16.4. The highest BCUT2D eigenvalue weighted by Crippen LogP contribution is 2.63. The molecule has 4 unspecified atom stereocenters. The molecule has 3 aliphatic carbocycles. The van der Waals surface area contributed by atoms with E-state index in [2.05, 4.69) is 81.5 Å². The van der Waals surface area contributed by atoms with Gasteiger partial charge in [0.25, 0.3) is 0 Å². The standard InChI is InChI=1S/C22H31N2.ClH/c1-14-9-15(2)21(16(3)10-14)24-8-7-23(13-24)20-12-18-11-19(17(20)4)22(18,5)6;/h7-10,13,17-20H,11-12H2,1-6H3;1H/q+1;/p-1. The first-order valence-corrected chi connectivity index (χ1v) is 9.46. The van der Waals surface area contributed by atoms with Crippen LogP contribution in [0, 0.1) is 43.9 Å². The van der Waals surface area contributed by atoms with Gasteiger partial charge in [-0.1, -0.05) is 38.5 Å². The van der Waals surface area contributed by atoms with Gasteiger partial charge < -0.3 is 12.4 Å². The van der Waals surface area contributed by atoms with Crippen LogP contribution in [0.25, 0.3) is 5.69 Å². The molecule has 3 aliphatic rings. The molecule has 0 spiro atoms. The topological polar surface area (TPSA) is 8.81 Å². The van der Waals surface area contributed by atoms with Crippen LogP contribution in [0.3, 0.4) is 0 Å². The Morgan fingerprint density at radius 1 is 1.08 bits per heavy atom. The van der Waals surface area contributed by atoms with Gasteiger partial charge in [0.05, 0.1) is 0 Å². The van der Waals surface area contributed by atoms with E-state index in [-0.39, 0.29) is 12.4 Å². The zero-order valence-corrected chi connectivity index (χ0v) is 17.1. The lowest BCUT2D eigenvalue weighted by molar-refractivity contribution is -0.737. The normalized spacial score (nSPS) is 29.7. The SMILES string of the molecule is Cc1cc(C)c(-n2cc[n+](C3CC4CC(C3C)C4(C)C)c2)c(C)c1.[Cl-]. The summed E-state index contributed by atoms with van der Waals surface area (Å²) in [6, 6.07) is 5.23. The quantitative estimate of drug-likeness (QED) is 0.725. The molecule has 1 aromatic heterocycles. The third-order valence-corrected chi connectivity index (χ3v) is 7.25. The summed E-state index contributed by atoms with van der Waals surface area (Å²) in [5.74, 6) is 2.56. The summed E-state index contributed by atoms with van der Waals surface area (Å²) in [4.78, 5) is 0. The molecule has 2 nitrogen and oxygen atoms in total. The van der Waals surface area contributed by atoms with Crippen LogP contribution in [0.2, 0.25) is 0 Å². The number of benzene rings is 1. The first-order chi connectivity index (χ1) is 11.3. The Bertz CT molecular complexity index is 766. The van der Waals surface area contributed by atoms with Gasteiger partial charge in [-0.25, -0.2) is 9.13 Å². The van der Waals surface area contributed by atoms with Crippen molar-refractivity contribution < 1.29 is 17.0 Å². The minimum Gasteiger partial charge on any atom is -1.00 e. The maximum absolute atomic E-state index is 2.48. The number of aromatic nitrogens is 2. The van der Waals surface area contributed by atoms with Crippen LogP contribution >= 0.6 is 0 Å². The highest BCUT2D eigenvalue weighted by atomic mass is 35.5. The summed E-state index contributed by atoms with van der Waals surface area (Å²) in [5.41, 5.74) is 5.96. The first kappa shape index (κ1) is 18.5. The van der Waals surface area contributed by atoms with Gasteiger partial charge in [-0.05, 0) is 62.0 Å². The van der Waals surface area contributed by atoms with Gasteiger partial charge in [-0.15, -0.1) is 0 Å². The average molecular weight is 359 g/mol. The molecular formula is C22H31ClN2. The molecule has 25 heavy (non-hydrogen) atoms. The molecule has 0 N–H and O–H groups in total. The van der Waals surface area contributed by atoms with Gasteiger partial charge in [0.2, 0.25) is 6.33 Å². The number of hydrogen-bond acceptors (Lipinski definition) is 0. The molecule has 0 radical (unpaired) electrons. The average Bonchev–Trinajstić information content (AvgIpc) is 2.95. The highest BCUT2D eigenvalue weighted by Gasteiger charge is 2.57. The summed E-state index contributed by atoms with van der Waals surface area (Å²) in [6.45, 7) is 14.1. The van der Waals surface area contributed by atoms with Crippen LogP contribution in [-0.2, 0) is 0 Å². The molecule has 2 aromatic rings. The molecule has 0 aliphatic heterocycles. The number of halogens is 1. The van der Waals surface area contributed by atoms with E-state index in [1.54, 1.807) is 0 Å². The Kier molecular flexibility index (Phi) is 4.56. The van der Waals surface area contributed by atoms with Crippen molar-refractivity contribution in [3.05, 3.63) is 47.5 Å².